The van der Waals surface area contributed by atoms with Crippen LogP contribution in [-0.2, 0) is 7.05 Å². The summed E-state index contributed by atoms with van der Waals surface area (Å²) in [5.41, 5.74) is 3.65. The van der Waals surface area contributed by atoms with Crippen LogP contribution < -0.4 is 10.2 Å². The average molecular weight is 343 g/mol. The number of aromatic nitrogens is 4. The van der Waals surface area contributed by atoms with E-state index in [1.165, 1.54) is 11.3 Å². The van der Waals surface area contributed by atoms with Gasteiger partial charge in [0.25, 0.3) is 0 Å². The van der Waals surface area contributed by atoms with Crippen molar-refractivity contribution in [3.63, 3.8) is 0 Å². The van der Waals surface area contributed by atoms with Gasteiger partial charge in [0.1, 0.15) is 0 Å². The number of nitrogens with one attached hydrogen (secondary N) is 1. The topological polar surface area (TPSA) is 62.1 Å². The molecule has 0 aliphatic carbocycles. The molecule has 0 amide bonds. The van der Waals surface area contributed by atoms with E-state index < -0.39 is 0 Å². The minimum Gasteiger partial charge on any atom is -0.375 e. The summed E-state index contributed by atoms with van der Waals surface area (Å²) in [4.78, 5) is 5.01. The van der Waals surface area contributed by atoms with Gasteiger partial charge in [-0.05, 0) is 61.9 Å². The second kappa shape index (κ2) is 7.39. The van der Waals surface area contributed by atoms with Crippen LogP contribution in [0.3, 0.4) is 0 Å². The molecule has 1 aliphatic rings. The number of rotatable bonds is 5. The molecule has 1 unspecified atom stereocenters. The number of tetrazole rings is 1. The van der Waals surface area contributed by atoms with Crippen LogP contribution in [0.2, 0.25) is 0 Å². The molecule has 0 bridgehead atoms. The highest BCUT2D eigenvalue weighted by atomic mass is 15.5. The number of benzene rings is 1. The summed E-state index contributed by atoms with van der Waals surface area (Å²) in [6.45, 7) is 13.2. The Balaban J connectivity index is 1.72. The average Bonchev–Trinajstić information content (AvgIpc) is 3.00. The second-order valence-corrected chi connectivity index (χ2v) is 7.20. The molecule has 1 N–H and O–H groups in total. The maximum absolute atomic E-state index is 4.09. The Morgan fingerprint density at radius 2 is 1.76 bits per heavy atom. The number of anilines is 2. The van der Waals surface area contributed by atoms with Crippen LogP contribution in [0.25, 0.3) is 0 Å². The predicted octanol–water partition coefficient (Wildman–Crippen LogP) is 2.22. The first kappa shape index (κ1) is 17.7. The van der Waals surface area contributed by atoms with E-state index in [0.717, 1.165) is 37.7 Å². The molecule has 7 heteroatoms. The highest BCUT2D eigenvalue weighted by molar-refractivity contribution is 5.61. The van der Waals surface area contributed by atoms with Crippen molar-refractivity contribution in [3.8, 4) is 0 Å². The molecule has 1 atom stereocenters. The zero-order valence-corrected chi connectivity index (χ0v) is 15.9. The molecule has 1 aromatic heterocycles. The fourth-order valence-electron chi connectivity index (χ4n) is 3.44. The summed E-state index contributed by atoms with van der Waals surface area (Å²) in [6.07, 6.45) is 0. The lowest BCUT2D eigenvalue weighted by Gasteiger charge is -2.38. The van der Waals surface area contributed by atoms with E-state index in [1.807, 2.05) is 7.05 Å². The zero-order valence-electron chi connectivity index (χ0n) is 15.9. The van der Waals surface area contributed by atoms with Gasteiger partial charge in [-0.1, -0.05) is 0 Å². The minimum absolute atomic E-state index is 0.0486. The molecular weight excluding hydrogens is 314 g/mol. The lowest BCUT2D eigenvalue weighted by molar-refractivity contribution is 0.209. The standard InChI is InChI=1S/C18H29N7/c1-13(2)24-6-8-25(9-7-24)17-11-14(3)10-16(12-17)19-15(4)18-20-21-22-23(18)5/h10-13,15,19H,6-9H2,1-5H3. The smallest absolute Gasteiger partial charge is 0.173 e. The van der Waals surface area contributed by atoms with Crippen LogP contribution in [0.4, 0.5) is 11.4 Å². The van der Waals surface area contributed by atoms with Crippen molar-refractivity contribution in [3.05, 3.63) is 29.6 Å². The van der Waals surface area contributed by atoms with E-state index >= 15 is 0 Å². The SMILES string of the molecule is Cc1cc(NC(C)c2nnnn2C)cc(N2CCN(C(C)C)CC2)c1. The summed E-state index contributed by atoms with van der Waals surface area (Å²) in [5.74, 6) is 0.827. The van der Waals surface area contributed by atoms with Crippen molar-refractivity contribution in [2.45, 2.75) is 39.8 Å². The van der Waals surface area contributed by atoms with Crippen molar-refractivity contribution < 1.29 is 0 Å². The number of piperazine rings is 1. The zero-order chi connectivity index (χ0) is 18.0. The number of hydrogen-bond donors (Lipinski definition) is 1. The quantitative estimate of drug-likeness (QED) is 0.898. The first-order valence-corrected chi connectivity index (χ1v) is 9.03. The predicted molar refractivity (Wildman–Crippen MR) is 101 cm³/mol. The Morgan fingerprint density at radius 1 is 1.04 bits per heavy atom. The van der Waals surface area contributed by atoms with Crippen LogP contribution in [0.5, 0.6) is 0 Å². The van der Waals surface area contributed by atoms with Crippen LogP contribution in [0, 0.1) is 6.92 Å². The molecule has 0 spiro atoms. The van der Waals surface area contributed by atoms with Gasteiger partial charge in [0.15, 0.2) is 5.82 Å². The van der Waals surface area contributed by atoms with Crippen molar-refractivity contribution in [2.75, 3.05) is 36.4 Å². The summed E-state index contributed by atoms with van der Waals surface area (Å²) < 4.78 is 1.71. The third kappa shape index (κ3) is 4.10. The van der Waals surface area contributed by atoms with Gasteiger partial charge in [0.2, 0.25) is 0 Å². The molecule has 2 aromatic rings. The third-order valence-corrected chi connectivity index (χ3v) is 4.90. The van der Waals surface area contributed by atoms with Crippen molar-refractivity contribution in [1.29, 1.82) is 0 Å². The van der Waals surface area contributed by atoms with Crippen molar-refractivity contribution >= 4 is 11.4 Å². The summed E-state index contributed by atoms with van der Waals surface area (Å²) in [7, 11) is 1.86. The van der Waals surface area contributed by atoms with Crippen LogP contribution in [0.1, 0.15) is 38.2 Å². The van der Waals surface area contributed by atoms with Gasteiger partial charge in [-0.15, -0.1) is 5.10 Å². The molecule has 2 heterocycles. The molecule has 25 heavy (non-hydrogen) atoms. The Kier molecular flexibility index (Phi) is 5.22. The van der Waals surface area contributed by atoms with E-state index in [9.17, 15) is 0 Å². The molecule has 3 rings (SSSR count). The van der Waals surface area contributed by atoms with Crippen LogP contribution in [-0.4, -0.2) is 57.3 Å². The monoisotopic (exact) mass is 343 g/mol. The Bertz CT molecular complexity index is 701. The van der Waals surface area contributed by atoms with E-state index in [2.05, 4.69) is 76.5 Å². The molecule has 136 valence electrons. The third-order valence-electron chi connectivity index (χ3n) is 4.90. The number of nitrogens with zero attached hydrogens (tertiary/aromatic N) is 6. The van der Waals surface area contributed by atoms with E-state index in [-0.39, 0.29) is 6.04 Å². The van der Waals surface area contributed by atoms with Gasteiger partial charge < -0.3 is 10.2 Å². The first-order valence-electron chi connectivity index (χ1n) is 9.03. The van der Waals surface area contributed by atoms with Gasteiger partial charge >= 0.3 is 0 Å². The van der Waals surface area contributed by atoms with Crippen molar-refractivity contribution in [1.82, 2.24) is 25.1 Å². The molecular formula is C18H29N7. The Morgan fingerprint density at radius 3 is 2.36 bits per heavy atom. The highest BCUT2D eigenvalue weighted by Gasteiger charge is 2.20. The van der Waals surface area contributed by atoms with Crippen LogP contribution >= 0.6 is 0 Å². The summed E-state index contributed by atoms with van der Waals surface area (Å²) in [5, 5.41) is 15.3. The van der Waals surface area contributed by atoms with Crippen molar-refractivity contribution in [2.24, 2.45) is 7.05 Å². The largest absolute Gasteiger partial charge is 0.375 e. The highest BCUT2D eigenvalue weighted by Crippen LogP contribution is 2.26. The van der Waals surface area contributed by atoms with E-state index in [4.69, 9.17) is 0 Å². The van der Waals surface area contributed by atoms with Gasteiger partial charge in [0.05, 0.1) is 6.04 Å². The number of aryl methyl sites for hydroxylation is 2. The molecule has 1 aromatic carbocycles. The maximum atomic E-state index is 4.09. The maximum Gasteiger partial charge on any atom is 0.173 e. The van der Waals surface area contributed by atoms with Gasteiger partial charge in [-0.2, -0.15) is 0 Å². The van der Waals surface area contributed by atoms with Gasteiger partial charge in [-0.25, -0.2) is 4.68 Å². The summed E-state index contributed by atoms with van der Waals surface area (Å²) >= 11 is 0. The number of hydrogen-bond acceptors (Lipinski definition) is 6. The lowest BCUT2D eigenvalue weighted by Crippen LogP contribution is -2.48. The van der Waals surface area contributed by atoms with E-state index in [0.29, 0.717) is 6.04 Å². The molecule has 0 radical (unpaired) electrons. The van der Waals surface area contributed by atoms with Crippen LogP contribution in [0.15, 0.2) is 18.2 Å². The van der Waals surface area contributed by atoms with E-state index in [1.54, 1.807) is 4.68 Å². The molecule has 0 saturated carbocycles. The normalized spacial score (nSPS) is 17.1. The lowest BCUT2D eigenvalue weighted by atomic mass is 10.1. The minimum atomic E-state index is 0.0486. The first-order chi connectivity index (χ1) is 11.9. The van der Waals surface area contributed by atoms with Gasteiger partial charge in [0, 0.05) is 50.6 Å². The Labute approximate surface area is 150 Å². The summed E-state index contributed by atoms with van der Waals surface area (Å²) in [6, 6.07) is 7.35. The fourth-order valence-corrected chi connectivity index (χ4v) is 3.44. The fraction of sp³-hybridized carbons (Fsp3) is 0.611. The molecule has 1 aliphatic heterocycles. The molecule has 1 fully saturated rings. The van der Waals surface area contributed by atoms with Gasteiger partial charge in [-0.3, -0.25) is 4.90 Å². The molecule has 1 saturated heterocycles. The Hall–Kier alpha value is -2.15. The second-order valence-electron chi connectivity index (χ2n) is 7.20. The molecule has 7 nitrogen and oxygen atoms in total.